The molecule has 164 valence electrons. The standard InChI is InChI=1S/C31H30N2/c1-5-27(32-31-12-8-10-26-9-6-7-11-30(26)31)18-17-25(4)33(28-19-13-23(2)14-20-28)29-21-15-24(3)16-22-29/h5-22,32H,4H2,1-3H3/b18-17-,27-5+. The second kappa shape index (κ2) is 10.1. The summed E-state index contributed by atoms with van der Waals surface area (Å²) in [6.45, 7) is 10.6. The Labute approximate surface area is 197 Å². The van der Waals surface area contributed by atoms with Crippen LogP contribution in [0.1, 0.15) is 18.1 Å². The van der Waals surface area contributed by atoms with Gasteiger partial charge in [-0.2, -0.15) is 0 Å². The highest BCUT2D eigenvalue weighted by atomic mass is 15.1. The van der Waals surface area contributed by atoms with Crippen LogP contribution in [0.5, 0.6) is 0 Å². The van der Waals surface area contributed by atoms with Gasteiger partial charge < -0.3 is 10.2 Å². The Hall–Kier alpha value is -4.04. The molecular formula is C31H30N2. The van der Waals surface area contributed by atoms with Crippen LogP contribution in [0.2, 0.25) is 0 Å². The van der Waals surface area contributed by atoms with Crippen molar-refractivity contribution >= 4 is 27.8 Å². The molecule has 2 heteroatoms. The average Bonchev–Trinajstić information content (AvgIpc) is 2.84. The normalized spacial score (nSPS) is 11.7. The minimum Gasteiger partial charge on any atom is -0.355 e. The Kier molecular flexibility index (Phi) is 6.75. The summed E-state index contributed by atoms with van der Waals surface area (Å²) in [7, 11) is 0. The molecule has 0 amide bonds. The number of allylic oxidation sites excluding steroid dienone is 3. The lowest BCUT2D eigenvalue weighted by atomic mass is 10.1. The first-order valence-electron chi connectivity index (χ1n) is 11.3. The van der Waals surface area contributed by atoms with Crippen LogP contribution in [0.3, 0.4) is 0 Å². The van der Waals surface area contributed by atoms with Crippen molar-refractivity contribution in [3.05, 3.63) is 138 Å². The van der Waals surface area contributed by atoms with Crippen LogP contribution in [-0.2, 0) is 0 Å². The van der Waals surface area contributed by atoms with Crippen molar-refractivity contribution in [1.82, 2.24) is 0 Å². The predicted octanol–water partition coefficient (Wildman–Crippen LogP) is 8.68. The number of fused-ring (bicyclic) bond motifs is 1. The van der Waals surface area contributed by atoms with Gasteiger partial charge in [0.05, 0.1) is 0 Å². The molecule has 4 aromatic carbocycles. The largest absolute Gasteiger partial charge is 0.355 e. The van der Waals surface area contributed by atoms with Crippen LogP contribution >= 0.6 is 0 Å². The topological polar surface area (TPSA) is 15.3 Å². The number of aryl methyl sites for hydroxylation is 2. The fourth-order valence-electron chi connectivity index (χ4n) is 3.83. The van der Waals surface area contributed by atoms with Crippen molar-refractivity contribution in [2.45, 2.75) is 20.8 Å². The lowest BCUT2D eigenvalue weighted by molar-refractivity contribution is 1.21. The summed E-state index contributed by atoms with van der Waals surface area (Å²) in [5, 5.41) is 6.00. The highest BCUT2D eigenvalue weighted by molar-refractivity contribution is 5.94. The summed E-state index contributed by atoms with van der Waals surface area (Å²) in [5.74, 6) is 0. The molecule has 0 unspecified atom stereocenters. The zero-order valence-electron chi connectivity index (χ0n) is 19.5. The summed E-state index contributed by atoms with van der Waals surface area (Å²) in [6.07, 6.45) is 6.22. The number of hydrogen-bond acceptors (Lipinski definition) is 2. The van der Waals surface area contributed by atoms with Crippen molar-refractivity contribution in [3.8, 4) is 0 Å². The van der Waals surface area contributed by atoms with E-state index in [0.29, 0.717) is 0 Å². The summed E-state index contributed by atoms with van der Waals surface area (Å²) in [5.41, 5.74) is 7.64. The molecule has 0 fully saturated rings. The quantitative estimate of drug-likeness (QED) is 0.295. The van der Waals surface area contributed by atoms with Crippen LogP contribution < -0.4 is 10.2 Å². The average molecular weight is 431 g/mol. The monoisotopic (exact) mass is 430 g/mol. The van der Waals surface area contributed by atoms with Crippen molar-refractivity contribution in [2.75, 3.05) is 10.2 Å². The molecule has 0 aliphatic carbocycles. The fraction of sp³-hybridized carbons (Fsp3) is 0.0968. The van der Waals surface area contributed by atoms with Crippen LogP contribution in [0.15, 0.2) is 127 Å². The first-order valence-corrected chi connectivity index (χ1v) is 11.3. The third-order valence-electron chi connectivity index (χ3n) is 5.71. The van der Waals surface area contributed by atoms with E-state index in [2.05, 4.69) is 140 Å². The number of benzene rings is 4. The van der Waals surface area contributed by atoms with E-state index >= 15 is 0 Å². The second-order valence-corrected chi connectivity index (χ2v) is 8.23. The third-order valence-corrected chi connectivity index (χ3v) is 5.71. The van der Waals surface area contributed by atoms with Gasteiger partial charge in [-0.3, -0.25) is 0 Å². The first-order chi connectivity index (χ1) is 16.0. The van der Waals surface area contributed by atoms with E-state index in [1.54, 1.807) is 0 Å². The molecule has 2 nitrogen and oxygen atoms in total. The maximum absolute atomic E-state index is 4.40. The van der Waals surface area contributed by atoms with E-state index in [9.17, 15) is 0 Å². The van der Waals surface area contributed by atoms with Crippen LogP contribution in [0.25, 0.3) is 10.8 Å². The highest BCUT2D eigenvalue weighted by Crippen LogP contribution is 2.31. The fourth-order valence-corrected chi connectivity index (χ4v) is 3.83. The smallest absolute Gasteiger partial charge is 0.0463 e. The number of anilines is 3. The van der Waals surface area contributed by atoms with Gasteiger partial charge in [0.1, 0.15) is 0 Å². The Morgan fingerprint density at radius 2 is 1.30 bits per heavy atom. The van der Waals surface area contributed by atoms with Gasteiger partial charge in [-0.1, -0.05) is 84.4 Å². The van der Waals surface area contributed by atoms with Gasteiger partial charge in [-0.15, -0.1) is 0 Å². The number of hydrogen-bond donors (Lipinski definition) is 1. The molecular weight excluding hydrogens is 400 g/mol. The van der Waals surface area contributed by atoms with Gasteiger partial charge in [0.2, 0.25) is 0 Å². The van der Waals surface area contributed by atoms with Crippen molar-refractivity contribution in [3.63, 3.8) is 0 Å². The van der Waals surface area contributed by atoms with E-state index in [4.69, 9.17) is 0 Å². The molecule has 1 N–H and O–H groups in total. The summed E-state index contributed by atoms with van der Waals surface area (Å²) in [6, 6.07) is 31.8. The van der Waals surface area contributed by atoms with E-state index in [1.165, 1.54) is 21.9 Å². The molecule has 4 rings (SSSR count). The molecule has 0 saturated carbocycles. The Morgan fingerprint density at radius 1 is 0.727 bits per heavy atom. The molecule has 4 aromatic rings. The molecule has 0 bridgehead atoms. The molecule has 0 spiro atoms. The molecule has 33 heavy (non-hydrogen) atoms. The number of rotatable bonds is 7. The van der Waals surface area contributed by atoms with Crippen molar-refractivity contribution in [1.29, 1.82) is 0 Å². The highest BCUT2D eigenvalue weighted by Gasteiger charge is 2.11. The zero-order valence-corrected chi connectivity index (χ0v) is 19.5. The van der Waals surface area contributed by atoms with Gasteiger partial charge in [0.15, 0.2) is 0 Å². The molecule has 0 saturated heterocycles. The van der Waals surface area contributed by atoms with Crippen LogP contribution in [-0.4, -0.2) is 0 Å². The minimum absolute atomic E-state index is 0.891. The Bertz CT molecular complexity index is 1260. The lowest BCUT2D eigenvalue weighted by Crippen LogP contribution is -2.14. The number of nitrogens with zero attached hydrogens (tertiary/aromatic N) is 1. The Balaban J connectivity index is 1.61. The summed E-state index contributed by atoms with van der Waals surface area (Å²) >= 11 is 0. The maximum atomic E-state index is 4.40. The minimum atomic E-state index is 0.891. The van der Waals surface area contributed by atoms with Crippen molar-refractivity contribution < 1.29 is 0 Å². The second-order valence-electron chi connectivity index (χ2n) is 8.23. The van der Waals surface area contributed by atoms with Crippen LogP contribution in [0.4, 0.5) is 17.1 Å². The molecule has 0 aliphatic heterocycles. The van der Waals surface area contributed by atoms with Gasteiger partial charge in [-0.05, 0) is 68.6 Å². The zero-order chi connectivity index (χ0) is 23.2. The third kappa shape index (κ3) is 5.24. The number of nitrogens with one attached hydrogen (secondary N) is 1. The van der Waals surface area contributed by atoms with Crippen molar-refractivity contribution in [2.24, 2.45) is 0 Å². The molecule has 0 radical (unpaired) electrons. The van der Waals surface area contributed by atoms with E-state index in [1.807, 2.05) is 6.92 Å². The van der Waals surface area contributed by atoms with Gasteiger partial charge in [0, 0.05) is 33.8 Å². The predicted molar refractivity (Wildman–Crippen MR) is 144 cm³/mol. The Morgan fingerprint density at radius 3 is 1.91 bits per heavy atom. The van der Waals surface area contributed by atoms with Gasteiger partial charge in [-0.25, -0.2) is 0 Å². The summed E-state index contributed by atoms with van der Waals surface area (Å²) in [4.78, 5) is 2.18. The summed E-state index contributed by atoms with van der Waals surface area (Å²) < 4.78 is 0. The molecule has 0 atom stereocenters. The maximum Gasteiger partial charge on any atom is 0.0463 e. The lowest BCUT2D eigenvalue weighted by Gasteiger charge is -2.26. The molecule has 0 aromatic heterocycles. The van der Waals surface area contributed by atoms with E-state index < -0.39 is 0 Å². The van der Waals surface area contributed by atoms with E-state index in [0.717, 1.165) is 28.5 Å². The SMILES string of the molecule is C=C(/C=C\C(=C/C)Nc1cccc2ccccc12)N(c1ccc(C)cc1)c1ccc(C)cc1. The van der Waals surface area contributed by atoms with Gasteiger partial charge in [0.25, 0.3) is 0 Å². The van der Waals surface area contributed by atoms with E-state index in [-0.39, 0.29) is 0 Å². The molecule has 0 heterocycles. The molecule has 0 aliphatic rings. The first kappa shape index (κ1) is 22.2. The van der Waals surface area contributed by atoms with Gasteiger partial charge >= 0.3 is 0 Å². The van der Waals surface area contributed by atoms with Crippen LogP contribution in [0, 0.1) is 13.8 Å².